The maximum Gasteiger partial charge on any atom is 0.410 e. The van der Waals surface area contributed by atoms with Crippen LogP contribution in [0.4, 0.5) is 16.2 Å². The average Bonchev–Trinajstić information content (AvgIpc) is 2.82. The van der Waals surface area contributed by atoms with Gasteiger partial charge in [-0.15, -0.1) is 0 Å². The normalized spacial score (nSPS) is 13.7. The fourth-order valence-corrected chi connectivity index (χ4v) is 4.23. The molecule has 0 unspecified atom stereocenters. The number of carbonyl (C=O) groups is 3. The van der Waals surface area contributed by atoms with Gasteiger partial charge in [0.2, 0.25) is 5.91 Å². The number of nitrogens with zero attached hydrogens (tertiary/aromatic N) is 3. The van der Waals surface area contributed by atoms with E-state index in [1.165, 1.54) is 11.8 Å². The number of amides is 3. The summed E-state index contributed by atoms with van der Waals surface area (Å²) in [6.07, 6.45) is 1.22. The van der Waals surface area contributed by atoms with Gasteiger partial charge in [-0.2, -0.15) is 0 Å². The lowest BCUT2D eigenvalue weighted by molar-refractivity contribution is -0.113. The number of hydrogen-bond donors (Lipinski definition) is 2. The smallest absolute Gasteiger partial charge is 0.410 e. The number of thiocarbonyl (C=S) groups is 1. The van der Waals surface area contributed by atoms with Crippen LogP contribution in [0.2, 0.25) is 0 Å². The molecule has 1 aromatic heterocycles. The molecule has 0 saturated carbocycles. The molecule has 3 rings (SSSR count). The van der Waals surface area contributed by atoms with Crippen LogP contribution in [0.1, 0.15) is 31.3 Å². The highest BCUT2D eigenvalue weighted by Crippen LogP contribution is 2.18. The zero-order valence-corrected chi connectivity index (χ0v) is 21.6. The quantitative estimate of drug-likeness (QED) is 0.579. The van der Waals surface area contributed by atoms with E-state index in [2.05, 4.69) is 15.6 Å². The molecule has 35 heavy (non-hydrogen) atoms. The lowest BCUT2D eigenvalue weighted by atomic mass is 10.2. The summed E-state index contributed by atoms with van der Waals surface area (Å²) in [5.74, 6) is -0.394. The first kappa shape index (κ1) is 26.4. The summed E-state index contributed by atoms with van der Waals surface area (Å²) < 4.78 is 6.02. The van der Waals surface area contributed by atoms with Crippen molar-refractivity contribution in [1.29, 1.82) is 0 Å². The number of anilines is 2. The number of aromatic nitrogens is 1. The predicted molar refractivity (Wildman–Crippen MR) is 142 cm³/mol. The summed E-state index contributed by atoms with van der Waals surface area (Å²) in [7, 11) is 0. The number of benzene rings is 1. The molecule has 2 N–H and O–H groups in total. The maximum absolute atomic E-state index is 12.5. The van der Waals surface area contributed by atoms with E-state index >= 15 is 0 Å². The average molecular weight is 516 g/mol. The van der Waals surface area contributed by atoms with Crippen molar-refractivity contribution in [3.05, 3.63) is 54.4 Å². The van der Waals surface area contributed by atoms with Crippen LogP contribution < -0.4 is 10.6 Å². The van der Waals surface area contributed by atoms with Gasteiger partial charge in [0, 0.05) is 43.8 Å². The summed E-state index contributed by atoms with van der Waals surface area (Å²) in [4.78, 5) is 44.6. The summed E-state index contributed by atoms with van der Waals surface area (Å²) in [5.41, 5.74) is 0.881. The zero-order chi connectivity index (χ0) is 25.4. The first-order valence-corrected chi connectivity index (χ1v) is 12.5. The Morgan fingerprint density at radius 1 is 1.00 bits per heavy atom. The van der Waals surface area contributed by atoms with E-state index in [1.807, 2.05) is 25.7 Å². The molecule has 2 aromatic rings. The predicted octanol–water partition coefficient (Wildman–Crippen LogP) is 3.84. The lowest BCUT2D eigenvalue weighted by Crippen LogP contribution is -2.50. The van der Waals surface area contributed by atoms with Gasteiger partial charge in [-0.3, -0.25) is 14.6 Å². The van der Waals surface area contributed by atoms with E-state index < -0.39 is 5.60 Å². The molecule has 1 saturated heterocycles. The van der Waals surface area contributed by atoms with Crippen molar-refractivity contribution in [2.75, 3.05) is 42.6 Å². The molecule has 0 spiro atoms. The standard InChI is InChI=1S/C24H29N5O4S2/c1-24(2,3)33-22(32)28-11-13-29(14-12-28)23(34)35-16-20(30)26-17-7-6-8-18(15-17)27-21(31)19-9-4-5-10-25-19/h4-10,15H,11-14,16H2,1-3H3,(H,26,30)(H,27,31). The van der Waals surface area contributed by atoms with E-state index in [4.69, 9.17) is 17.0 Å². The minimum atomic E-state index is -0.531. The molecule has 1 aliphatic rings. The van der Waals surface area contributed by atoms with Gasteiger partial charge in [-0.05, 0) is 51.1 Å². The van der Waals surface area contributed by atoms with Gasteiger partial charge >= 0.3 is 6.09 Å². The molecule has 9 nitrogen and oxygen atoms in total. The van der Waals surface area contributed by atoms with Crippen LogP contribution in [0, 0.1) is 0 Å². The molecule has 0 radical (unpaired) electrons. The minimum Gasteiger partial charge on any atom is -0.444 e. The van der Waals surface area contributed by atoms with Crippen molar-refractivity contribution >= 4 is 57.6 Å². The molecule has 186 valence electrons. The van der Waals surface area contributed by atoms with Crippen molar-refractivity contribution in [2.24, 2.45) is 0 Å². The van der Waals surface area contributed by atoms with Gasteiger partial charge in [-0.25, -0.2) is 4.79 Å². The van der Waals surface area contributed by atoms with E-state index in [1.54, 1.807) is 53.6 Å². The van der Waals surface area contributed by atoms with Crippen LogP contribution in [0.3, 0.4) is 0 Å². The number of thioether (sulfide) groups is 1. The second kappa shape index (κ2) is 12.0. The number of piperazine rings is 1. The third-order valence-corrected chi connectivity index (χ3v) is 6.34. The summed E-state index contributed by atoms with van der Waals surface area (Å²) in [6.45, 7) is 7.72. The molecular weight excluding hydrogens is 486 g/mol. The lowest BCUT2D eigenvalue weighted by Gasteiger charge is -2.36. The number of rotatable bonds is 5. The Morgan fingerprint density at radius 2 is 1.66 bits per heavy atom. The Kier molecular flexibility index (Phi) is 9.05. The molecule has 0 bridgehead atoms. The third kappa shape index (κ3) is 8.52. The zero-order valence-electron chi connectivity index (χ0n) is 19.9. The molecule has 0 atom stereocenters. The third-order valence-electron chi connectivity index (χ3n) is 4.82. The Balaban J connectivity index is 1.42. The van der Waals surface area contributed by atoms with Crippen LogP contribution in [0.25, 0.3) is 0 Å². The minimum absolute atomic E-state index is 0.148. The van der Waals surface area contributed by atoms with Crippen LogP contribution in [-0.2, 0) is 9.53 Å². The van der Waals surface area contributed by atoms with E-state index in [0.29, 0.717) is 47.6 Å². The molecule has 1 aliphatic heterocycles. The highest BCUT2D eigenvalue weighted by atomic mass is 32.2. The fraction of sp³-hybridized carbons (Fsp3) is 0.375. The Bertz CT molecular complexity index is 1070. The Labute approximate surface area is 214 Å². The number of carbonyl (C=O) groups excluding carboxylic acids is 3. The summed E-state index contributed by atoms with van der Waals surface area (Å²) in [6, 6.07) is 12.0. The molecule has 3 amide bonds. The van der Waals surface area contributed by atoms with Gasteiger partial charge in [0.25, 0.3) is 5.91 Å². The van der Waals surface area contributed by atoms with E-state index in [-0.39, 0.29) is 23.7 Å². The highest BCUT2D eigenvalue weighted by Gasteiger charge is 2.26. The topological polar surface area (TPSA) is 104 Å². The van der Waals surface area contributed by atoms with Gasteiger partial charge in [0.05, 0.1) is 5.75 Å². The van der Waals surface area contributed by atoms with Crippen molar-refractivity contribution in [3.8, 4) is 0 Å². The summed E-state index contributed by atoms with van der Waals surface area (Å²) >= 11 is 6.76. The van der Waals surface area contributed by atoms with Crippen LogP contribution in [0.5, 0.6) is 0 Å². The molecular formula is C24H29N5O4S2. The molecule has 1 aromatic carbocycles. The molecule has 1 fully saturated rings. The van der Waals surface area contributed by atoms with Crippen molar-refractivity contribution in [1.82, 2.24) is 14.8 Å². The first-order valence-electron chi connectivity index (χ1n) is 11.1. The highest BCUT2D eigenvalue weighted by molar-refractivity contribution is 8.23. The number of pyridine rings is 1. The molecule has 2 heterocycles. The number of hydrogen-bond acceptors (Lipinski definition) is 7. The number of nitrogens with one attached hydrogen (secondary N) is 2. The van der Waals surface area contributed by atoms with Gasteiger partial charge in [0.1, 0.15) is 15.6 Å². The van der Waals surface area contributed by atoms with E-state index in [0.717, 1.165) is 0 Å². The maximum atomic E-state index is 12.5. The van der Waals surface area contributed by atoms with E-state index in [9.17, 15) is 14.4 Å². The van der Waals surface area contributed by atoms with Gasteiger partial charge in [-0.1, -0.05) is 36.1 Å². The summed E-state index contributed by atoms with van der Waals surface area (Å²) in [5, 5.41) is 5.59. The first-order chi connectivity index (χ1) is 16.6. The Morgan fingerprint density at radius 3 is 2.29 bits per heavy atom. The SMILES string of the molecule is CC(C)(C)OC(=O)N1CCN(C(=S)SCC(=O)Nc2cccc(NC(=O)c3ccccn3)c2)CC1. The largest absolute Gasteiger partial charge is 0.444 e. The van der Waals surface area contributed by atoms with Gasteiger partial charge < -0.3 is 25.2 Å². The van der Waals surface area contributed by atoms with Gasteiger partial charge in [0.15, 0.2) is 0 Å². The number of ether oxygens (including phenoxy) is 1. The van der Waals surface area contributed by atoms with Crippen molar-refractivity contribution in [2.45, 2.75) is 26.4 Å². The van der Waals surface area contributed by atoms with Crippen LogP contribution in [-0.4, -0.2) is 74.5 Å². The van der Waals surface area contributed by atoms with Crippen LogP contribution in [0.15, 0.2) is 48.7 Å². The van der Waals surface area contributed by atoms with Crippen molar-refractivity contribution < 1.29 is 19.1 Å². The molecule has 11 heteroatoms. The second-order valence-electron chi connectivity index (χ2n) is 8.81. The fourth-order valence-electron chi connectivity index (χ4n) is 3.18. The van der Waals surface area contributed by atoms with Crippen LogP contribution >= 0.6 is 24.0 Å². The van der Waals surface area contributed by atoms with Crippen molar-refractivity contribution in [3.63, 3.8) is 0 Å². The second-order valence-corrected chi connectivity index (χ2v) is 10.4. The Hall–Kier alpha value is -3.18. The molecule has 0 aliphatic carbocycles. The monoisotopic (exact) mass is 515 g/mol.